The molecule has 2 aromatic heterocycles. The van der Waals surface area contributed by atoms with Crippen molar-refractivity contribution >= 4 is 17.5 Å². The van der Waals surface area contributed by atoms with Gasteiger partial charge in [-0.15, -0.1) is 0 Å². The van der Waals surface area contributed by atoms with E-state index in [9.17, 15) is 0 Å². The van der Waals surface area contributed by atoms with Crippen LogP contribution < -0.4 is 5.32 Å². The van der Waals surface area contributed by atoms with Crippen LogP contribution in [-0.4, -0.2) is 20.3 Å². The van der Waals surface area contributed by atoms with Gasteiger partial charge in [0.25, 0.3) is 0 Å². The third kappa shape index (κ3) is 2.76. The summed E-state index contributed by atoms with van der Waals surface area (Å²) in [4.78, 5) is 4.00. The lowest BCUT2D eigenvalue weighted by molar-refractivity contribution is 0.965. The Bertz CT molecular complexity index is 427. The third-order valence-electron chi connectivity index (χ3n) is 2.22. The summed E-state index contributed by atoms with van der Waals surface area (Å²) >= 11 is 1.26. The second-order valence-electron chi connectivity index (χ2n) is 3.52. The molecule has 0 amide bonds. The molecule has 0 fully saturated rings. The van der Waals surface area contributed by atoms with Crippen molar-refractivity contribution in [2.24, 2.45) is 0 Å². The predicted molar refractivity (Wildman–Crippen MR) is 65.7 cm³/mol. The van der Waals surface area contributed by atoms with Gasteiger partial charge in [-0.1, -0.05) is 6.92 Å². The first kappa shape index (κ1) is 11.0. The fourth-order valence-corrected chi connectivity index (χ4v) is 1.94. The molecule has 0 aromatic carbocycles. The molecule has 16 heavy (non-hydrogen) atoms. The number of pyridine rings is 1. The highest BCUT2D eigenvalue weighted by Gasteiger charge is 2.07. The van der Waals surface area contributed by atoms with Gasteiger partial charge in [0.15, 0.2) is 5.82 Å². The average Bonchev–Trinajstić information content (AvgIpc) is 2.75. The summed E-state index contributed by atoms with van der Waals surface area (Å²) in [6.45, 7) is 3.07. The van der Waals surface area contributed by atoms with Crippen LogP contribution in [0.5, 0.6) is 0 Å². The fraction of sp³-hybridized carbons (Fsp3) is 0.364. The van der Waals surface area contributed by atoms with E-state index in [2.05, 4.69) is 26.0 Å². The molecule has 4 nitrogen and oxygen atoms in total. The van der Waals surface area contributed by atoms with Gasteiger partial charge < -0.3 is 5.32 Å². The Labute approximate surface area is 99.1 Å². The number of hydrogen-bond acceptors (Lipinski definition) is 5. The number of rotatable bonds is 5. The first-order valence-electron chi connectivity index (χ1n) is 5.34. The first-order chi connectivity index (χ1) is 7.90. The molecule has 2 aromatic rings. The van der Waals surface area contributed by atoms with Crippen LogP contribution in [0.4, 0.5) is 5.82 Å². The van der Waals surface area contributed by atoms with Gasteiger partial charge in [0.1, 0.15) is 5.69 Å². The summed E-state index contributed by atoms with van der Waals surface area (Å²) in [5.41, 5.74) is 2.23. The third-order valence-corrected chi connectivity index (χ3v) is 2.79. The van der Waals surface area contributed by atoms with Crippen LogP contribution in [0.3, 0.4) is 0 Å². The van der Waals surface area contributed by atoms with Gasteiger partial charge in [0, 0.05) is 25.4 Å². The van der Waals surface area contributed by atoms with E-state index in [1.807, 2.05) is 12.1 Å². The quantitative estimate of drug-likeness (QED) is 0.862. The number of nitrogens with zero attached hydrogens (tertiary/aromatic N) is 3. The fourth-order valence-electron chi connectivity index (χ4n) is 1.39. The van der Waals surface area contributed by atoms with Gasteiger partial charge in [-0.3, -0.25) is 4.98 Å². The van der Waals surface area contributed by atoms with Crippen LogP contribution in [-0.2, 0) is 6.42 Å². The van der Waals surface area contributed by atoms with Gasteiger partial charge in [-0.05, 0) is 24.1 Å². The van der Waals surface area contributed by atoms with E-state index in [1.165, 1.54) is 17.3 Å². The maximum absolute atomic E-state index is 4.31. The van der Waals surface area contributed by atoms with Crippen molar-refractivity contribution in [3.63, 3.8) is 0 Å². The number of aromatic nitrogens is 3. The van der Waals surface area contributed by atoms with E-state index in [-0.39, 0.29) is 0 Å². The molecule has 0 aliphatic rings. The highest BCUT2D eigenvalue weighted by Crippen LogP contribution is 2.16. The molecular weight excluding hydrogens is 220 g/mol. The first-order valence-corrected chi connectivity index (χ1v) is 6.07. The molecule has 0 saturated heterocycles. The molecule has 2 heterocycles. The van der Waals surface area contributed by atoms with E-state index in [0.29, 0.717) is 0 Å². The van der Waals surface area contributed by atoms with Crippen molar-refractivity contribution in [2.75, 3.05) is 11.9 Å². The summed E-state index contributed by atoms with van der Waals surface area (Å²) in [5, 5.41) is 3.28. The van der Waals surface area contributed by atoms with Crippen molar-refractivity contribution in [3.05, 3.63) is 35.8 Å². The van der Waals surface area contributed by atoms with E-state index in [1.54, 1.807) is 12.4 Å². The molecule has 0 saturated carbocycles. The molecule has 0 spiro atoms. The largest absolute Gasteiger partial charge is 0.368 e. The molecular formula is C11H14N4S. The van der Waals surface area contributed by atoms with Crippen molar-refractivity contribution in [1.29, 1.82) is 0 Å². The summed E-state index contributed by atoms with van der Waals surface area (Å²) in [6.07, 6.45) is 5.50. The molecule has 5 heteroatoms. The Hall–Kier alpha value is -1.49. The lowest BCUT2D eigenvalue weighted by atomic mass is 10.1. The topological polar surface area (TPSA) is 50.7 Å². The molecule has 0 unspecified atom stereocenters. The van der Waals surface area contributed by atoms with Crippen molar-refractivity contribution < 1.29 is 0 Å². The van der Waals surface area contributed by atoms with Crippen LogP contribution in [0.15, 0.2) is 24.5 Å². The zero-order valence-corrected chi connectivity index (χ0v) is 10.00. The number of nitrogens with one attached hydrogen (secondary N) is 1. The highest BCUT2D eigenvalue weighted by molar-refractivity contribution is 6.99. The average molecular weight is 234 g/mol. The van der Waals surface area contributed by atoms with E-state index < -0.39 is 0 Å². The predicted octanol–water partition coefficient (Wildman–Crippen LogP) is 2.35. The summed E-state index contributed by atoms with van der Waals surface area (Å²) in [7, 11) is 0. The smallest absolute Gasteiger partial charge is 0.163 e. The van der Waals surface area contributed by atoms with Crippen LogP contribution >= 0.6 is 11.7 Å². The van der Waals surface area contributed by atoms with Crippen LogP contribution in [0, 0.1) is 0 Å². The van der Waals surface area contributed by atoms with Crippen molar-refractivity contribution in [1.82, 2.24) is 13.7 Å². The minimum atomic E-state index is 0.811. The van der Waals surface area contributed by atoms with Crippen LogP contribution in [0.1, 0.15) is 24.6 Å². The zero-order valence-electron chi connectivity index (χ0n) is 9.18. The van der Waals surface area contributed by atoms with Crippen LogP contribution in [0.2, 0.25) is 0 Å². The standard InChI is InChI=1S/C11H14N4S/c1-2-5-13-11-10(14-16-15-11)8-9-3-6-12-7-4-9/h3-4,6-7H,2,5,8H2,1H3,(H,13,15). The Balaban J connectivity index is 2.07. The molecule has 2 rings (SSSR count). The molecule has 84 valence electrons. The van der Waals surface area contributed by atoms with E-state index in [0.717, 1.165) is 30.9 Å². The van der Waals surface area contributed by atoms with Crippen molar-refractivity contribution in [3.8, 4) is 0 Å². The Morgan fingerprint density at radius 1 is 1.25 bits per heavy atom. The normalized spacial score (nSPS) is 10.3. The molecule has 0 bridgehead atoms. The van der Waals surface area contributed by atoms with Gasteiger partial charge in [-0.25, -0.2) is 0 Å². The second kappa shape index (κ2) is 5.55. The van der Waals surface area contributed by atoms with E-state index in [4.69, 9.17) is 0 Å². The SMILES string of the molecule is CCCNc1nsnc1Cc1ccncc1. The maximum Gasteiger partial charge on any atom is 0.163 e. The van der Waals surface area contributed by atoms with Gasteiger partial charge in [-0.2, -0.15) is 8.75 Å². The Morgan fingerprint density at radius 3 is 2.81 bits per heavy atom. The minimum Gasteiger partial charge on any atom is -0.368 e. The summed E-state index contributed by atoms with van der Waals surface area (Å²) in [5.74, 6) is 0.920. The zero-order chi connectivity index (χ0) is 11.2. The minimum absolute atomic E-state index is 0.811. The highest BCUT2D eigenvalue weighted by atomic mass is 32.1. The summed E-state index contributed by atoms with van der Waals surface area (Å²) < 4.78 is 8.57. The number of anilines is 1. The Kier molecular flexibility index (Phi) is 3.82. The van der Waals surface area contributed by atoms with Gasteiger partial charge in [0.2, 0.25) is 0 Å². The van der Waals surface area contributed by atoms with Crippen molar-refractivity contribution in [2.45, 2.75) is 19.8 Å². The molecule has 0 radical (unpaired) electrons. The maximum atomic E-state index is 4.31. The van der Waals surface area contributed by atoms with Gasteiger partial charge in [0.05, 0.1) is 11.7 Å². The molecule has 0 aliphatic carbocycles. The van der Waals surface area contributed by atoms with Crippen LogP contribution in [0.25, 0.3) is 0 Å². The van der Waals surface area contributed by atoms with Gasteiger partial charge >= 0.3 is 0 Å². The lowest BCUT2D eigenvalue weighted by Crippen LogP contribution is -2.03. The second-order valence-corrected chi connectivity index (χ2v) is 4.05. The molecule has 0 aliphatic heterocycles. The monoisotopic (exact) mass is 234 g/mol. The Morgan fingerprint density at radius 2 is 2.06 bits per heavy atom. The summed E-state index contributed by atoms with van der Waals surface area (Å²) in [6, 6.07) is 4.01. The lowest BCUT2D eigenvalue weighted by Gasteiger charge is -2.03. The number of hydrogen-bond donors (Lipinski definition) is 1. The molecule has 0 atom stereocenters. The van der Waals surface area contributed by atoms with E-state index >= 15 is 0 Å². The molecule has 1 N–H and O–H groups in total.